The molecule has 0 fully saturated rings. The van der Waals surface area contributed by atoms with Crippen molar-refractivity contribution in [1.82, 2.24) is 0 Å². The molecule has 3 heteroatoms. The topological polar surface area (TPSA) is 38.4 Å². The van der Waals surface area contributed by atoms with Crippen LogP contribution in [-0.2, 0) is 0 Å². The summed E-state index contributed by atoms with van der Waals surface area (Å²) in [4.78, 5) is 4.92. The van der Waals surface area contributed by atoms with Crippen LogP contribution < -0.4 is 5.73 Å². The van der Waals surface area contributed by atoms with E-state index < -0.39 is 0 Å². The number of hydrogen-bond donors (Lipinski definition) is 1. The van der Waals surface area contributed by atoms with E-state index in [4.69, 9.17) is 5.73 Å². The molecule has 2 nitrogen and oxygen atoms in total. The summed E-state index contributed by atoms with van der Waals surface area (Å²) in [6, 6.07) is 10.9. The molecule has 2 N–H and O–H groups in total. The van der Waals surface area contributed by atoms with Gasteiger partial charge in [0.25, 0.3) is 0 Å². The Morgan fingerprint density at radius 3 is 2.54 bits per heavy atom. The van der Waals surface area contributed by atoms with Gasteiger partial charge in [-0.2, -0.15) is 0 Å². The van der Waals surface area contributed by atoms with Crippen LogP contribution in [0.25, 0.3) is 0 Å². The number of amidine groups is 1. The van der Waals surface area contributed by atoms with Gasteiger partial charge in [-0.15, -0.1) is 0 Å². The average molecular weight is 239 g/mol. The molecule has 1 aliphatic heterocycles. The van der Waals surface area contributed by atoms with Crippen LogP contribution in [-0.4, -0.2) is 25.7 Å². The third kappa shape index (κ3) is 1.76. The van der Waals surface area contributed by atoms with Crippen molar-refractivity contribution in [3.8, 4) is 0 Å². The first-order valence-electron chi connectivity index (χ1n) is 4.32. The molecule has 68 valence electrons. The standard InChI is InChI=1S/C10H12N2Se/c1-7-9(13-10(11)12-7)8-5-3-2-4-6-8/h2-7,9H,1H3,(H2,11,12). The van der Waals surface area contributed by atoms with E-state index in [0.29, 0.717) is 25.8 Å². The minimum atomic E-state index is 0.348. The molecule has 1 aromatic carbocycles. The van der Waals surface area contributed by atoms with Gasteiger partial charge < -0.3 is 0 Å². The van der Waals surface area contributed by atoms with Crippen molar-refractivity contribution in [2.75, 3.05) is 0 Å². The van der Waals surface area contributed by atoms with Crippen molar-refractivity contribution in [2.24, 2.45) is 10.7 Å². The Kier molecular flexibility index (Phi) is 2.38. The summed E-state index contributed by atoms with van der Waals surface area (Å²) in [7, 11) is 0. The van der Waals surface area contributed by atoms with Gasteiger partial charge in [-0.3, -0.25) is 0 Å². The molecule has 0 bridgehead atoms. The second kappa shape index (κ2) is 3.52. The molecule has 1 aliphatic rings. The Hall–Kier alpha value is -0.791. The van der Waals surface area contributed by atoms with E-state index in [2.05, 4.69) is 36.2 Å². The minimum absolute atomic E-state index is 0.348. The number of rotatable bonds is 1. The first kappa shape index (κ1) is 8.79. The van der Waals surface area contributed by atoms with Crippen molar-refractivity contribution in [3.05, 3.63) is 35.9 Å². The second-order valence-electron chi connectivity index (χ2n) is 3.16. The van der Waals surface area contributed by atoms with E-state index in [0.717, 1.165) is 4.73 Å². The van der Waals surface area contributed by atoms with Gasteiger partial charge in [-0.05, 0) is 0 Å². The van der Waals surface area contributed by atoms with Gasteiger partial charge in [0.15, 0.2) is 0 Å². The van der Waals surface area contributed by atoms with Crippen molar-refractivity contribution in [1.29, 1.82) is 0 Å². The van der Waals surface area contributed by atoms with Crippen molar-refractivity contribution >= 4 is 19.7 Å². The molecule has 1 heterocycles. The molecule has 0 saturated heterocycles. The average Bonchev–Trinajstić information content (AvgIpc) is 2.47. The molecular weight excluding hydrogens is 227 g/mol. The van der Waals surface area contributed by atoms with Crippen molar-refractivity contribution in [3.63, 3.8) is 0 Å². The maximum absolute atomic E-state index is 5.73. The van der Waals surface area contributed by atoms with Crippen molar-refractivity contribution < 1.29 is 0 Å². The van der Waals surface area contributed by atoms with Gasteiger partial charge >= 0.3 is 84.1 Å². The fourth-order valence-electron chi connectivity index (χ4n) is 1.52. The van der Waals surface area contributed by atoms with Gasteiger partial charge in [-0.25, -0.2) is 0 Å². The zero-order chi connectivity index (χ0) is 9.26. The summed E-state index contributed by atoms with van der Waals surface area (Å²) in [6.45, 7) is 2.14. The fourth-order valence-corrected chi connectivity index (χ4v) is 3.70. The van der Waals surface area contributed by atoms with Crippen LogP contribution in [0.15, 0.2) is 35.3 Å². The van der Waals surface area contributed by atoms with E-state index in [-0.39, 0.29) is 0 Å². The van der Waals surface area contributed by atoms with E-state index in [1.807, 2.05) is 6.07 Å². The predicted molar refractivity (Wildman–Crippen MR) is 56.0 cm³/mol. The number of nitrogens with zero attached hydrogens (tertiary/aromatic N) is 1. The van der Waals surface area contributed by atoms with Gasteiger partial charge in [0.1, 0.15) is 0 Å². The summed E-state index contributed by atoms with van der Waals surface area (Å²) in [6.07, 6.45) is 0. The Bertz CT molecular complexity index is 321. The van der Waals surface area contributed by atoms with E-state index in [9.17, 15) is 0 Å². The van der Waals surface area contributed by atoms with Crippen LogP contribution in [0.5, 0.6) is 0 Å². The molecule has 0 saturated carbocycles. The first-order chi connectivity index (χ1) is 6.27. The molecule has 0 spiro atoms. The Morgan fingerprint density at radius 2 is 2.00 bits per heavy atom. The second-order valence-corrected chi connectivity index (χ2v) is 5.59. The van der Waals surface area contributed by atoms with Crippen LogP contribution in [0.2, 0.25) is 0 Å². The van der Waals surface area contributed by atoms with Crippen LogP contribution in [0, 0.1) is 0 Å². The molecule has 1 aromatic rings. The van der Waals surface area contributed by atoms with Crippen LogP contribution in [0.4, 0.5) is 0 Å². The fraction of sp³-hybridized carbons (Fsp3) is 0.300. The molecule has 13 heavy (non-hydrogen) atoms. The number of hydrogen-bond acceptors (Lipinski definition) is 2. The van der Waals surface area contributed by atoms with Crippen LogP contribution in [0.3, 0.4) is 0 Å². The van der Waals surface area contributed by atoms with E-state index >= 15 is 0 Å². The quantitative estimate of drug-likeness (QED) is 0.733. The summed E-state index contributed by atoms with van der Waals surface area (Å²) < 4.78 is 0.855. The Morgan fingerprint density at radius 1 is 1.31 bits per heavy atom. The normalized spacial score (nSPS) is 27.3. The zero-order valence-electron chi connectivity index (χ0n) is 7.47. The molecule has 0 amide bonds. The summed E-state index contributed by atoms with van der Waals surface area (Å²) in [5.74, 6) is 0. The third-order valence-corrected chi connectivity index (χ3v) is 4.80. The molecule has 2 unspecified atom stereocenters. The van der Waals surface area contributed by atoms with Gasteiger partial charge in [0, 0.05) is 0 Å². The Labute approximate surface area is 84.4 Å². The predicted octanol–water partition coefficient (Wildman–Crippen LogP) is 1.15. The molecule has 2 atom stereocenters. The Balaban J connectivity index is 2.21. The molecule has 0 aliphatic carbocycles. The number of nitrogens with two attached hydrogens (primary N) is 1. The summed E-state index contributed by atoms with van der Waals surface area (Å²) in [5, 5.41) is 0. The third-order valence-electron chi connectivity index (χ3n) is 2.14. The zero-order valence-corrected chi connectivity index (χ0v) is 9.19. The number of benzene rings is 1. The van der Waals surface area contributed by atoms with Crippen molar-refractivity contribution in [2.45, 2.75) is 17.8 Å². The van der Waals surface area contributed by atoms with Crippen LogP contribution >= 0.6 is 0 Å². The molecule has 0 radical (unpaired) electrons. The van der Waals surface area contributed by atoms with E-state index in [1.165, 1.54) is 5.56 Å². The summed E-state index contributed by atoms with van der Waals surface area (Å²) in [5.41, 5.74) is 7.10. The summed E-state index contributed by atoms with van der Waals surface area (Å²) >= 11 is 0.348. The number of aliphatic imine (C=N–C) groups is 1. The van der Waals surface area contributed by atoms with Gasteiger partial charge in [-0.1, -0.05) is 0 Å². The molecular formula is C10H12N2Se. The SMILES string of the molecule is CC1N=C(N)[Se]C1c1ccccc1. The van der Waals surface area contributed by atoms with E-state index in [1.54, 1.807) is 0 Å². The molecule has 0 aromatic heterocycles. The van der Waals surface area contributed by atoms with Gasteiger partial charge in [0.05, 0.1) is 0 Å². The van der Waals surface area contributed by atoms with Gasteiger partial charge in [0.2, 0.25) is 0 Å². The monoisotopic (exact) mass is 240 g/mol. The first-order valence-corrected chi connectivity index (χ1v) is 6.17. The molecule has 2 rings (SSSR count). The maximum atomic E-state index is 5.73. The van der Waals surface area contributed by atoms with Crippen LogP contribution in [0.1, 0.15) is 17.3 Å².